The monoisotopic (exact) mass is 263 g/mol. The number of esters is 1. The fraction of sp³-hybridized carbons (Fsp3) is 0.643. The molecule has 104 valence electrons. The average Bonchev–Trinajstić information content (AvgIpc) is 2.83. The number of carbonyl (C=O) groups is 1. The third kappa shape index (κ3) is 3.03. The molecular weight excluding hydrogens is 242 g/mol. The number of carbonyl (C=O) groups excluding carboxylic acids is 1. The van der Waals surface area contributed by atoms with Crippen LogP contribution in [-0.2, 0) is 9.53 Å². The van der Waals surface area contributed by atoms with E-state index in [0.717, 1.165) is 42.2 Å². The zero-order valence-corrected chi connectivity index (χ0v) is 12.0. The largest absolute Gasteiger partial charge is 0.469 e. The number of aromatic nitrogens is 2. The maximum Gasteiger partial charge on any atom is 0.308 e. The molecule has 0 bridgehead atoms. The predicted molar refractivity (Wildman–Crippen MR) is 73.0 cm³/mol. The summed E-state index contributed by atoms with van der Waals surface area (Å²) < 4.78 is 4.80. The standard InChI is InChI=1S/C14H21N3O2/c1-8-9(2)15-10(3)16-13(8)17-12-6-5-11(7-12)14(18)19-4/h11-12H,5-7H2,1-4H3,(H,15,16,17)/t11-,12+/m0/s1. The Labute approximate surface area is 113 Å². The minimum Gasteiger partial charge on any atom is -0.469 e. The first-order chi connectivity index (χ1) is 9.01. The lowest BCUT2D eigenvalue weighted by molar-refractivity contribution is -0.145. The van der Waals surface area contributed by atoms with Crippen molar-refractivity contribution in [1.29, 1.82) is 0 Å². The van der Waals surface area contributed by atoms with E-state index in [1.807, 2.05) is 20.8 Å². The molecule has 5 nitrogen and oxygen atoms in total. The Morgan fingerprint density at radius 3 is 2.68 bits per heavy atom. The maximum absolute atomic E-state index is 11.5. The van der Waals surface area contributed by atoms with E-state index in [1.165, 1.54) is 7.11 Å². The van der Waals surface area contributed by atoms with E-state index in [0.29, 0.717) is 0 Å². The molecule has 19 heavy (non-hydrogen) atoms. The minimum atomic E-state index is -0.101. The van der Waals surface area contributed by atoms with Crippen molar-refractivity contribution in [2.75, 3.05) is 12.4 Å². The molecule has 0 radical (unpaired) electrons. The summed E-state index contributed by atoms with van der Waals surface area (Å²) in [5.74, 6) is 1.58. The normalized spacial score (nSPS) is 22.3. The second-order valence-corrected chi connectivity index (χ2v) is 5.20. The summed E-state index contributed by atoms with van der Waals surface area (Å²) in [5.41, 5.74) is 2.07. The predicted octanol–water partition coefficient (Wildman–Crippen LogP) is 2.16. The Bertz CT molecular complexity index is 488. The van der Waals surface area contributed by atoms with Crippen LogP contribution in [0.4, 0.5) is 5.82 Å². The van der Waals surface area contributed by atoms with Gasteiger partial charge < -0.3 is 10.1 Å². The molecule has 1 N–H and O–H groups in total. The molecule has 1 aromatic rings. The van der Waals surface area contributed by atoms with Crippen LogP contribution in [0.5, 0.6) is 0 Å². The fourth-order valence-electron chi connectivity index (χ4n) is 2.60. The molecular formula is C14H21N3O2. The van der Waals surface area contributed by atoms with Crippen molar-refractivity contribution in [1.82, 2.24) is 9.97 Å². The first-order valence-corrected chi connectivity index (χ1v) is 6.67. The van der Waals surface area contributed by atoms with Gasteiger partial charge in [0.05, 0.1) is 13.0 Å². The minimum absolute atomic E-state index is 0.0202. The maximum atomic E-state index is 11.5. The molecule has 0 aromatic carbocycles. The van der Waals surface area contributed by atoms with Crippen LogP contribution >= 0.6 is 0 Å². The number of methoxy groups -OCH3 is 1. The van der Waals surface area contributed by atoms with Crippen molar-refractivity contribution >= 4 is 11.8 Å². The fourth-order valence-corrected chi connectivity index (χ4v) is 2.60. The summed E-state index contributed by atoms with van der Waals surface area (Å²) in [6, 6.07) is 0.288. The lowest BCUT2D eigenvalue weighted by Gasteiger charge is -2.16. The SMILES string of the molecule is COC(=O)[C@H]1CC[C@@H](Nc2nc(C)nc(C)c2C)C1. The van der Waals surface area contributed by atoms with Gasteiger partial charge in [0.25, 0.3) is 0 Å². The molecule has 0 unspecified atom stereocenters. The summed E-state index contributed by atoms with van der Waals surface area (Å²) >= 11 is 0. The van der Waals surface area contributed by atoms with Crippen LogP contribution in [0.2, 0.25) is 0 Å². The van der Waals surface area contributed by atoms with Gasteiger partial charge in [-0.25, -0.2) is 9.97 Å². The zero-order valence-electron chi connectivity index (χ0n) is 12.0. The van der Waals surface area contributed by atoms with Crippen LogP contribution in [0.3, 0.4) is 0 Å². The molecule has 1 saturated carbocycles. The number of anilines is 1. The summed E-state index contributed by atoms with van der Waals surface area (Å²) in [7, 11) is 1.45. The number of nitrogens with zero attached hydrogens (tertiary/aromatic N) is 2. The number of rotatable bonds is 3. The summed E-state index contributed by atoms with van der Waals surface area (Å²) in [6.45, 7) is 5.90. The number of aryl methyl sites for hydroxylation is 2. The molecule has 5 heteroatoms. The van der Waals surface area contributed by atoms with Crippen LogP contribution in [0.1, 0.15) is 36.3 Å². The van der Waals surface area contributed by atoms with E-state index < -0.39 is 0 Å². The van der Waals surface area contributed by atoms with Crippen molar-refractivity contribution in [3.8, 4) is 0 Å². The third-order valence-electron chi connectivity index (χ3n) is 3.81. The smallest absolute Gasteiger partial charge is 0.308 e. The van der Waals surface area contributed by atoms with Gasteiger partial charge >= 0.3 is 5.97 Å². The van der Waals surface area contributed by atoms with Crippen molar-refractivity contribution in [2.45, 2.75) is 46.1 Å². The van der Waals surface area contributed by atoms with Crippen LogP contribution in [0.15, 0.2) is 0 Å². The third-order valence-corrected chi connectivity index (χ3v) is 3.81. The first-order valence-electron chi connectivity index (χ1n) is 6.67. The lowest BCUT2D eigenvalue weighted by Crippen LogP contribution is -2.20. The van der Waals surface area contributed by atoms with Crippen molar-refractivity contribution in [2.24, 2.45) is 5.92 Å². The summed E-state index contributed by atoms with van der Waals surface area (Å²) in [5, 5.41) is 3.44. The molecule has 1 fully saturated rings. The van der Waals surface area contributed by atoms with E-state index in [2.05, 4.69) is 15.3 Å². The Morgan fingerprint density at radius 1 is 1.26 bits per heavy atom. The average molecular weight is 263 g/mol. The van der Waals surface area contributed by atoms with Crippen molar-refractivity contribution < 1.29 is 9.53 Å². The van der Waals surface area contributed by atoms with E-state index in [1.54, 1.807) is 0 Å². The first kappa shape index (κ1) is 13.8. The van der Waals surface area contributed by atoms with Crippen LogP contribution in [-0.4, -0.2) is 29.1 Å². The number of hydrogen-bond acceptors (Lipinski definition) is 5. The molecule has 2 atom stereocenters. The number of ether oxygens (including phenoxy) is 1. The molecule has 1 aliphatic carbocycles. The van der Waals surface area contributed by atoms with Gasteiger partial charge in [-0.1, -0.05) is 0 Å². The topological polar surface area (TPSA) is 64.1 Å². The molecule has 2 rings (SSSR count). The zero-order chi connectivity index (χ0) is 14.0. The summed E-state index contributed by atoms with van der Waals surface area (Å²) in [6.07, 6.45) is 2.67. The highest BCUT2D eigenvalue weighted by molar-refractivity contribution is 5.72. The Hall–Kier alpha value is -1.65. The van der Waals surface area contributed by atoms with Gasteiger partial charge in [-0.15, -0.1) is 0 Å². The number of hydrogen-bond donors (Lipinski definition) is 1. The van der Waals surface area contributed by atoms with Crippen molar-refractivity contribution in [3.05, 3.63) is 17.1 Å². The highest BCUT2D eigenvalue weighted by Gasteiger charge is 2.31. The highest BCUT2D eigenvalue weighted by atomic mass is 16.5. The van der Waals surface area contributed by atoms with E-state index in [-0.39, 0.29) is 17.9 Å². The van der Waals surface area contributed by atoms with Gasteiger partial charge in [0.1, 0.15) is 11.6 Å². The second kappa shape index (κ2) is 5.55. The van der Waals surface area contributed by atoms with Crippen molar-refractivity contribution in [3.63, 3.8) is 0 Å². The van der Waals surface area contributed by atoms with E-state index in [4.69, 9.17) is 4.74 Å². The quantitative estimate of drug-likeness (QED) is 0.847. The molecule has 1 aromatic heterocycles. The number of nitrogens with one attached hydrogen (secondary N) is 1. The van der Waals surface area contributed by atoms with Gasteiger partial charge in [-0.2, -0.15) is 0 Å². The van der Waals surface area contributed by atoms with Crippen LogP contribution in [0.25, 0.3) is 0 Å². The van der Waals surface area contributed by atoms with Gasteiger partial charge in [0.2, 0.25) is 0 Å². The Morgan fingerprint density at radius 2 is 2.00 bits per heavy atom. The highest BCUT2D eigenvalue weighted by Crippen LogP contribution is 2.29. The van der Waals surface area contributed by atoms with Gasteiger partial charge in [-0.3, -0.25) is 4.79 Å². The van der Waals surface area contributed by atoms with Gasteiger partial charge in [0, 0.05) is 17.3 Å². The van der Waals surface area contributed by atoms with Gasteiger partial charge in [-0.05, 0) is 40.0 Å². The molecule has 1 heterocycles. The summed E-state index contributed by atoms with van der Waals surface area (Å²) in [4.78, 5) is 20.3. The molecule has 1 aliphatic rings. The second-order valence-electron chi connectivity index (χ2n) is 5.20. The molecule has 0 aliphatic heterocycles. The van der Waals surface area contributed by atoms with Crippen LogP contribution in [0, 0.1) is 26.7 Å². The molecule has 0 spiro atoms. The lowest BCUT2D eigenvalue weighted by atomic mass is 10.1. The van der Waals surface area contributed by atoms with E-state index in [9.17, 15) is 4.79 Å². The van der Waals surface area contributed by atoms with E-state index >= 15 is 0 Å². The molecule has 0 saturated heterocycles. The van der Waals surface area contributed by atoms with Gasteiger partial charge in [0.15, 0.2) is 0 Å². The molecule has 0 amide bonds. The Kier molecular flexibility index (Phi) is 4.02. The van der Waals surface area contributed by atoms with Crippen LogP contribution < -0.4 is 5.32 Å². The Balaban J connectivity index is 2.05.